The van der Waals surface area contributed by atoms with Gasteiger partial charge in [-0.3, -0.25) is 14.9 Å². The van der Waals surface area contributed by atoms with E-state index in [1.165, 1.54) is 37.4 Å². The average Bonchev–Trinajstić information content (AvgIpc) is 3.19. The molecule has 1 aliphatic heterocycles. The molecular weight excluding hydrogens is 530 g/mol. The van der Waals surface area contributed by atoms with Gasteiger partial charge in [0.15, 0.2) is 21.6 Å². The van der Waals surface area contributed by atoms with Crippen molar-refractivity contribution >= 4 is 62.0 Å². The number of carbonyl (C=O) groups excluding carboxylic acids is 1. The van der Waals surface area contributed by atoms with Crippen molar-refractivity contribution in [2.24, 2.45) is 4.99 Å². The minimum atomic E-state index is -4.53. The highest BCUT2D eigenvalue weighted by Gasteiger charge is 2.28. The maximum absolute atomic E-state index is 12.7. The van der Waals surface area contributed by atoms with Gasteiger partial charge in [-0.2, -0.15) is 8.42 Å². The first-order valence-electron chi connectivity index (χ1n) is 10.1. The van der Waals surface area contributed by atoms with Crippen LogP contribution in [0, 0.1) is 10.1 Å². The van der Waals surface area contributed by atoms with Gasteiger partial charge in [0.25, 0.3) is 11.6 Å². The van der Waals surface area contributed by atoms with Gasteiger partial charge in [-0.05, 0) is 65.9 Å². The summed E-state index contributed by atoms with van der Waals surface area (Å²) in [6, 6.07) is 16.0. The third kappa shape index (κ3) is 5.67. The Morgan fingerprint density at radius 3 is 2.50 bits per heavy atom. The number of rotatable bonds is 7. The quantitative estimate of drug-likeness (QED) is 0.191. The van der Waals surface area contributed by atoms with Crippen LogP contribution in [0.25, 0.3) is 6.08 Å². The highest BCUT2D eigenvalue weighted by molar-refractivity contribution is 8.18. The van der Waals surface area contributed by atoms with E-state index in [1.54, 1.807) is 30.3 Å². The smallest absolute Gasteiger partial charge is 0.346 e. The number of nitro groups is 1. The van der Waals surface area contributed by atoms with Crippen LogP contribution in [0.15, 0.2) is 81.5 Å². The molecule has 1 amide bonds. The highest BCUT2D eigenvalue weighted by Crippen LogP contribution is 2.35. The van der Waals surface area contributed by atoms with Crippen molar-refractivity contribution in [3.63, 3.8) is 0 Å². The third-order valence-electron chi connectivity index (χ3n) is 4.72. The number of hydrogen-bond acceptors (Lipinski definition) is 9. The number of carbonyl (C=O) groups is 1. The number of amides is 1. The molecular formula is C23H16ClN3O7S2. The zero-order chi connectivity index (χ0) is 25.9. The minimum absolute atomic E-state index is 0.0463. The van der Waals surface area contributed by atoms with Gasteiger partial charge in [0, 0.05) is 11.1 Å². The lowest BCUT2D eigenvalue weighted by atomic mass is 10.2. The van der Waals surface area contributed by atoms with Crippen molar-refractivity contribution < 1.29 is 27.1 Å². The summed E-state index contributed by atoms with van der Waals surface area (Å²) in [5.41, 5.74) is 0.525. The fourth-order valence-corrected chi connectivity index (χ4v) is 5.17. The number of nitro benzene ring substituents is 1. The molecule has 0 unspecified atom stereocenters. The van der Waals surface area contributed by atoms with Crippen molar-refractivity contribution in [3.8, 4) is 11.5 Å². The maximum Gasteiger partial charge on any atom is 0.346 e. The predicted octanol–water partition coefficient (Wildman–Crippen LogP) is 4.92. The van der Waals surface area contributed by atoms with Gasteiger partial charge < -0.3 is 14.2 Å². The van der Waals surface area contributed by atoms with Gasteiger partial charge in [0.05, 0.1) is 22.6 Å². The lowest BCUT2D eigenvalue weighted by Gasteiger charge is -2.11. The molecule has 0 aromatic heterocycles. The molecule has 13 heteroatoms. The van der Waals surface area contributed by atoms with E-state index in [4.69, 9.17) is 20.5 Å². The first kappa shape index (κ1) is 25.2. The molecule has 36 heavy (non-hydrogen) atoms. The molecule has 1 saturated heterocycles. The number of halogens is 1. The number of aliphatic imine (C=N–C) groups is 1. The molecule has 0 saturated carbocycles. The van der Waals surface area contributed by atoms with Gasteiger partial charge in [0.1, 0.15) is 0 Å². The van der Waals surface area contributed by atoms with Crippen molar-refractivity contribution in [2.75, 3.05) is 7.11 Å². The third-order valence-corrected chi connectivity index (χ3v) is 7.17. The van der Waals surface area contributed by atoms with E-state index in [1.807, 2.05) is 0 Å². The monoisotopic (exact) mass is 545 g/mol. The van der Waals surface area contributed by atoms with E-state index in [0.29, 0.717) is 26.3 Å². The Morgan fingerprint density at radius 2 is 1.81 bits per heavy atom. The van der Waals surface area contributed by atoms with Crippen molar-refractivity contribution in [3.05, 3.63) is 92.3 Å². The van der Waals surface area contributed by atoms with Crippen molar-refractivity contribution in [1.29, 1.82) is 0 Å². The Kier molecular flexibility index (Phi) is 7.29. The topological polar surface area (TPSA) is 137 Å². The molecule has 1 aliphatic rings. The zero-order valence-electron chi connectivity index (χ0n) is 18.4. The second-order valence-corrected chi connectivity index (χ2v) is 10.1. The number of nitrogens with one attached hydrogen (secondary N) is 1. The molecule has 0 radical (unpaired) electrons. The Balaban J connectivity index is 1.58. The summed E-state index contributed by atoms with van der Waals surface area (Å²) in [4.78, 5) is 26.9. The molecule has 10 nitrogen and oxygen atoms in total. The summed E-state index contributed by atoms with van der Waals surface area (Å²) in [7, 11) is -3.22. The lowest BCUT2D eigenvalue weighted by molar-refractivity contribution is -0.387. The summed E-state index contributed by atoms with van der Waals surface area (Å²) in [6.07, 6.45) is 1.58. The number of amidine groups is 1. The molecule has 184 valence electrons. The molecule has 3 aromatic rings. The number of para-hydroxylation sites is 1. The lowest BCUT2D eigenvalue weighted by Crippen LogP contribution is -2.19. The summed E-state index contributed by atoms with van der Waals surface area (Å²) in [5, 5.41) is 14.9. The van der Waals surface area contributed by atoms with E-state index < -0.39 is 25.6 Å². The fourth-order valence-electron chi connectivity index (χ4n) is 3.09. The van der Waals surface area contributed by atoms with Crippen molar-refractivity contribution in [1.82, 2.24) is 5.32 Å². The molecule has 0 atom stereocenters. The number of benzene rings is 3. The summed E-state index contributed by atoms with van der Waals surface area (Å²) in [6.45, 7) is 0. The van der Waals surface area contributed by atoms with E-state index in [9.17, 15) is 23.3 Å². The van der Waals surface area contributed by atoms with E-state index >= 15 is 0 Å². The van der Waals surface area contributed by atoms with Crippen LogP contribution in [0.2, 0.25) is 5.02 Å². The number of nitrogens with zero attached hydrogens (tertiary/aromatic N) is 2. The van der Waals surface area contributed by atoms with Crippen molar-refractivity contribution in [2.45, 2.75) is 4.90 Å². The van der Waals surface area contributed by atoms with Crippen LogP contribution < -0.4 is 14.2 Å². The Morgan fingerprint density at radius 1 is 1.08 bits per heavy atom. The van der Waals surface area contributed by atoms with Crippen LogP contribution in [0.3, 0.4) is 0 Å². The normalized spacial score (nSPS) is 15.7. The summed E-state index contributed by atoms with van der Waals surface area (Å²) in [5.74, 6) is -0.484. The second kappa shape index (κ2) is 10.4. The van der Waals surface area contributed by atoms with Gasteiger partial charge in [0.2, 0.25) is 0 Å². The first-order chi connectivity index (χ1) is 17.2. The Labute approximate surface area is 214 Å². The van der Waals surface area contributed by atoms with Crippen LogP contribution >= 0.6 is 23.4 Å². The fraction of sp³-hybridized carbons (Fsp3) is 0.0435. The maximum atomic E-state index is 12.7. The Hall–Kier alpha value is -3.87. The SMILES string of the molecule is COc1cc(/C=C2\SC(=Nc3ccc(Cl)cc3)NC2=O)ccc1OS(=O)(=O)c1ccccc1[N+](=O)[O-]. The molecule has 1 heterocycles. The molecule has 0 spiro atoms. The summed E-state index contributed by atoms with van der Waals surface area (Å²) >= 11 is 7.00. The highest BCUT2D eigenvalue weighted by atomic mass is 35.5. The number of ether oxygens (including phenoxy) is 1. The standard InChI is InChI=1S/C23H16ClN3O7S2/c1-33-19-12-14(13-20-22(28)26-23(35-20)25-16-9-7-15(24)8-10-16)6-11-18(19)34-36(31,32)21-5-3-2-4-17(21)27(29)30/h2-13H,1H3,(H,25,26,28)/b20-13-. The van der Waals surface area contributed by atoms with Gasteiger partial charge in [-0.15, -0.1) is 0 Å². The van der Waals surface area contributed by atoms with E-state index in [0.717, 1.165) is 23.9 Å². The molecule has 1 N–H and O–H groups in total. The molecule has 3 aromatic carbocycles. The zero-order valence-corrected chi connectivity index (χ0v) is 20.8. The first-order valence-corrected chi connectivity index (χ1v) is 12.7. The largest absolute Gasteiger partial charge is 0.493 e. The second-order valence-electron chi connectivity index (χ2n) is 7.13. The van der Waals surface area contributed by atoms with Crippen LogP contribution in [0.1, 0.15) is 5.56 Å². The Bertz CT molecular complexity index is 1520. The number of hydrogen-bond donors (Lipinski definition) is 1. The van der Waals surface area contributed by atoms with Crippen LogP contribution in [-0.2, 0) is 14.9 Å². The van der Waals surface area contributed by atoms with Gasteiger partial charge in [-0.25, -0.2) is 4.99 Å². The molecule has 0 aliphatic carbocycles. The predicted molar refractivity (Wildman–Crippen MR) is 136 cm³/mol. The molecule has 0 bridgehead atoms. The molecule has 1 fully saturated rings. The van der Waals surface area contributed by atoms with Crippen LogP contribution in [-0.4, -0.2) is 31.5 Å². The summed E-state index contributed by atoms with van der Waals surface area (Å²) < 4.78 is 35.9. The minimum Gasteiger partial charge on any atom is -0.493 e. The van der Waals surface area contributed by atoms with Crippen LogP contribution in [0.4, 0.5) is 11.4 Å². The molecule has 4 rings (SSSR count). The number of methoxy groups -OCH3 is 1. The van der Waals surface area contributed by atoms with E-state index in [2.05, 4.69) is 10.3 Å². The van der Waals surface area contributed by atoms with Crippen LogP contribution in [0.5, 0.6) is 11.5 Å². The number of thioether (sulfide) groups is 1. The van der Waals surface area contributed by atoms with Gasteiger partial charge in [-0.1, -0.05) is 29.8 Å². The van der Waals surface area contributed by atoms with E-state index in [-0.39, 0.29) is 17.4 Å². The average molecular weight is 546 g/mol. The van der Waals surface area contributed by atoms with Gasteiger partial charge >= 0.3 is 10.1 Å².